The number of guanidine groups is 2. The number of rotatable bonds is 20. The van der Waals surface area contributed by atoms with Crippen molar-refractivity contribution in [2.45, 2.75) is 122 Å². The predicted molar refractivity (Wildman–Crippen MR) is 183 cm³/mol. The van der Waals surface area contributed by atoms with Crippen LogP contribution in [-0.4, -0.2) is 76.9 Å². The Morgan fingerprint density at radius 3 is 2.45 bits per heavy atom. The number of unbranched alkanes of at least 4 members (excludes halogenated alkanes) is 2. The Labute approximate surface area is 279 Å². The molecule has 1 aliphatic heterocycles. The molecule has 0 spiro atoms. The Bertz CT molecular complexity index is 1210. The van der Waals surface area contributed by atoms with E-state index in [9.17, 15) is 19.8 Å². The van der Waals surface area contributed by atoms with E-state index >= 15 is 0 Å². The highest BCUT2D eigenvalue weighted by molar-refractivity contribution is 5.79. The lowest BCUT2D eigenvalue weighted by Crippen LogP contribution is -2.29. The molecule has 1 aliphatic carbocycles. The predicted octanol–water partition coefficient (Wildman–Crippen LogP) is 2.81. The van der Waals surface area contributed by atoms with Crippen LogP contribution < -0.4 is 27.7 Å². The van der Waals surface area contributed by atoms with Crippen molar-refractivity contribution in [3.05, 3.63) is 23.3 Å². The molecule has 10 N–H and O–H groups in total. The normalized spacial score (nSPS) is 18.5. The number of aliphatic imine (C=N–C) groups is 2. The molecule has 1 amide bonds. The van der Waals surface area contributed by atoms with Crippen molar-refractivity contribution in [3.63, 3.8) is 0 Å². The van der Waals surface area contributed by atoms with Crippen molar-refractivity contribution in [1.82, 2.24) is 4.90 Å². The number of aryl methyl sites for hydroxylation is 1. The summed E-state index contributed by atoms with van der Waals surface area (Å²) in [5.74, 6) is -0.0331. The molecule has 4 atom stereocenters. The van der Waals surface area contributed by atoms with Crippen LogP contribution in [0.4, 0.5) is 0 Å². The number of ether oxygens (including phenoxy) is 2. The molecule has 0 radical (unpaired) electrons. The molecule has 2 aliphatic rings. The molecule has 13 nitrogen and oxygen atoms in total. The monoisotopic (exact) mass is 659 g/mol. The van der Waals surface area contributed by atoms with Gasteiger partial charge in [-0.3, -0.25) is 19.6 Å². The van der Waals surface area contributed by atoms with E-state index in [1.54, 1.807) is 4.90 Å². The zero-order valence-electron chi connectivity index (χ0n) is 28.2. The fraction of sp³-hybridized carbons (Fsp3) is 0.706. The lowest BCUT2D eigenvalue weighted by molar-refractivity contribution is -0.148. The summed E-state index contributed by atoms with van der Waals surface area (Å²) in [6, 6.07) is 3.75. The summed E-state index contributed by atoms with van der Waals surface area (Å²) >= 11 is 0. The number of likely N-dealkylation sites (tertiary alicyclic amines) is 1. The molecule has 2 fully saturated rings. The highest BCUT2D eigenvalue weighted by Gasteiger charge is 2.35. The van der Waals surface area contributed by atoms with Gasteiger partial charge in [-0.2, -0.15) is 0 Å². The van der Waals surface area contributed by atoms with Crippen LogP contribution in [0.15, 0.2) is 22.1 Å². The molecule has 1 saturated carbocycles. The van der Waals surface area contributed by atoms with Gasteiger partial charge in [0, 0.05) is 51.5 Å². The quantitative estimate of drug-likeness (QED) is 0.0519. The van der Waals surface area contributed by atoms with Crippen molar-refractivity contribution >= 4 is 23.8 Å². The largest absolute Gasteiger partial charge is 0.504 e. The minimum atomic E-state index is -0.549. The zero-order valence-corrected chi connectivity index (χ0v) is 28.2. The Morgan fingerprint density at radius 1 is 1.06 bits per heavy atom. The standard InChI is InChI=1S/C34H57N7O6/c1-3-4-5-8-27(43)18-29(46-22(2)42)12-11-23-15-26(32(45)30(16-23)47-28-9-6-7-10-28)21-41-20-25(17-31(41)44)24(19-40-34(37)38)13-14-39-33(35)36/h15-16,24-25,27-29,43,45H,3-14,17-21H2,1-2H3,(H4,35,36,39)(H4,37,38,40)/t24-,25+,27+,29-/m1/s1. The second kappa shape index (κ2) is 19.2. The lowest BCUT2D eigenvalue weighted by atomic mass is 9.88. The molecular weight excluding hydrogens is 602 g/mol. The van der Waals surface area contributed by atoms with E-state index in [0.717, 1.165) is 50.5 Å². The average Bonchev–Trinajstić information content (AvgIpc) is 3.64. The van der Waals surface area contributed by atoms with E-state index in [1.165, 1.54) is 6.92 Å². The maximum Gasteiger partial charge on any atom is 0.302 e. The Balaban J connectivity index is 1.79. The van der Waals surface area contributed by atoms with Gasteiger partial charge in [0.05, 0.1) is 12.2 Å². The Hall–Kier alpha value is -3.74. The number of nitrogens with zero attached hydrogens (tertiary/aromatic N) is 3. The van der Waals surface area contributed by atoms with Crippen molar-refractivity contribution in [1.29, 1.82) is 0 Å². The summed E-state index contributed by atoms with van der Waals surface area (Å²) < 4.78 is 11.9. The van der Waals surface area contributed by atoms with Crippen LogP contribution in [0.2, 0.25) is 0 Å². The molecule has 3 rings (SSSR count). The number of aromatic hydroxyl groups is 1. The summed E-state index contributed by atoms with van der Waals surface area (Å²) in [6.07, 6.45) is 9.08. The van der Waals surface area contributed by atoms with E-state index in [4.69, 9.17) is 32.4 Å². The number of aliphatic hydroxyl groups excluding tert-OH is 1. The molecule has 264 valence electrons. The van der Waals surface area contributed by atoms with E-state index in [-0.39, 0.29) is 54.0 Å². The van der Waals surface area contributed by atoms with Crippen LogP contribution in [0.25, 0.3) is 0 Å². The number of benzene rings is 1. The van der Waals surface area contributed by atoms with Gasteiger partial charge in [0.2, 0.25) is 5.91 Å². The van der Waals surface area contributed by atoms with Gasteiger partial charge in [0.15, 0.2) is 23.4 Å². The number of carbonyl (C=O) groups excluding carboxylic acids is 2. The third kappa shape index (κ3) is 13.1. The molecule has 0 unspecified atom stereocenters. The number of amides is 1. The van der Waals surface area contributed by atoms with E-state index in [0.29, 0.717) is 69.5 Å². The first-order valence-corrected chi connectivity index (χ1v) is 17.2. The summed E-state index contributed by atoms with van der Waals surface area (Å²) in [6.45, 7) is 4.93. The average molecular weight is 660 g/mol. The van der Waals surface area contributed by atoms with E-state index in [2.05, 4.69) is 16.9 Å². The number of carbonyl (C=O) groups is 2. The van der Waals surface area contributed by atoms with Crippen LogP contribution in [0, 0.1) is 11.8 Å². The van der Waals surface area contributed by atoms with Gasteiger partial charge in [-0.05, 0) is 74.8 Å². The van der Waals surface area contributed by atoms with Crippen molar-refractivity contribution in [2.75, 3.05) is 19.6 Å². The molecular formula is C34H57N7O6. The van der Waals surface area contributed by atoms with Crippen molar-refractivity contribution < 1.29 is 29.3 Å². The molecule has 1 heterocycles. The van der Waals surface area contributed by atoms with Gasteiger partial charge in [0.1, 0.15) is 6.10 Å². The van der Waals surface area contributed by atoms with Crippen LogP contribution in [0.1, 0.15) is 102 Å². The summed E-state index contributed by atoms with van der Waals surface area (Å²) in [5.41, 5.74) is 23.7. The topological polar surface area (TPSA) is 225 Å². The number of esters is 1. The first kappa shape index (κ1) is 37.7. The minimum Gasteiger partial charge on any atom is -0.504 e. The first-order chi connectivity index (χ1) is 22.4. The third-order valence-electron chi connectivity index (χ3n) is 9.15. The summed E-state index contributed by atoms with van der Waals surface area (Å²) in [7, 11) is 0. The maximum absolute atomic E-state index is 13.3. The van der Waals surface area contributed by atoms with Gasteiger partial charge in [-0.15, -0.1) is 0 Å². The fourth-order valence-electron chi connectivity index (χ4n) is 6.64. The van der Waals surface area contributed by atoms with Gasteiger partial charge >= 0.3 is 5.97 Å². The highest BCUT2D eigenvalue weighted by Crippen LogP contribution is 2.38. The second-order valence-electron chi connectivity index (χ2n) is 13.1. The molecule has 1 aromatic carbocycles. The van der Waals surface area contributed by atoms with Crippen LogP contribution in [0.5, 0.6) is 11.5 Å². The van der Waals surface area contributed by atoms with Crippen LogP contribution in [0.3, 0.4) is 0 Å². The van der Waals surface area contributed by atoms with E-state index < -0.39 is 12.2 Å². The summed E-state index contributed by atoms with van der Waals surface area (Å²) in [5, 5.41) is 22.0. The number of aliphatic hydroxyl groups is 1. The fourth-order valence-corrected chi connectivity index (χ4v) is 6.64. The Kier molecular flexibility index (Phi) is 15.4. The van der Waals surface area contributed by atoms with Gasteiger partial charge in [0.25, 0.3) is 0 Å². The lowest BCUT2D eigenvalue weighted by Gasteiger charge is -2.24. The minimum absolute atomic E-state index is 0.00280. The van der Waals surface area contributed by atoms with Crippen LogP contribution >= 0.6 is 0 Å². The van der Waals surface area contributed by atoms with Gasteiger partial charge < -0.3 is 47.5 Å². The Morgan fingerprint density at radius 2 is 1.79 bits per heavy atom. The van der Waals surface area contributed by atoms with Crippen molar-refractivity contribution in [2.24, 2.45) is 44.8 Å². The molecule has 1 aromatic rings. The third-order valence-corrected chi connectivity index (χ3v) is 9.15. The molecule has 13 heteroatoms. The molecule has 1 saturated heterocycles. The second-order valence-corrected chi connectivity index (χ2v) is 13.1. The van der Waals surface area contributed by atoms with Gasteiger partial charge in [-0.1, -0.05) is 32.3 Å². The number of hydrogen-bond acceptors (Lipinski definition) is 8. The smallest absolute Gasteiger partial charge is 0.302 e. The number of hydrogen-bond donors (Lipinski definition) is 6. The zero-order chi connectivity index (χ0) is 34.3. The number of nitrogens with two attached hydrogens (primary N) is 4. The maximum atomic E-state index is 13.3. The molecule has 0 aromatic heterocycles. The number of phenolic OH excluding ortho intramolecular Hbond substituents is 1. The SMILES string of the molecule is CCCCC[C@H](O)C[C@@H](CCc1cc(CN2C[C@@H]([C@H](CCN=C(N)N)CN=C(N)N)CC2=O)c(O)c(OC2CCCC2)c1)OC(C)=O. The van der Waals surface area contributed by atoms with Crippen molar-refractivity contribution in [3.8, 4) is 11.5 Å². The summed E-state index contributed by atoms with van der Waals surface area (Å²) in [4.78, 5) is 35.2. The first-order valence-electron chi connectivity index (χ1n) is 17.2. The molecule has 47 heavy (non-hydrogen) atoms. The highest BCUT2D eigenvalue weighted by atomic mass is 16.5. The molecule has 0 bridgehead atoms. The van der Waals surface area contributed by atoms with Crippen LogP contribution in [-0.2, 0) is 27.3 Å². The van der Waals surface area contributed by atoms with E-state index in [1.807, 2.05) is 12.1 Å². The number of phenols is 1. The van der Waals surface area contributed by atoms with Gasteiger partial charge in [-0.25, -0.2) is 0 Å².